The van der Waals surface area contributed by atoms with Gasteiger partial charge in [0.25, 0.3) is 0 Å². The Morgan fingerprint density at radius 3 is 2.85 bits per heavy atom. The first-order chi connectivity index (χ1) is 6.06. The molecule has 6 heteroatoms. The molecule has 0 saturated carbocycles. The molecule has 0 radical (unpaired) electrons. The molecule has 1 fully saturated rings. The van der Waals surface area contributed by atoms with Crippen LogP contribution in [0, 0.1) is 0 Å². The van der Waals surface area contributed by atoms with Crippen molar-refractivity contribution in [1.82, 2.24) is 0 Å². The third kappa shape index (κ3) is 2.84. The summed E-state index contributed by atoms with van der Waals surface area (Å²) in [6, 6.07) is 0. The predicted octanol–water partition coefficient (Wildman–Crippen LogP) is 1.74. The average molecular weight is 210 g/mol. The molecular formula is C7H14O5S. The van der Waals surface area contributed by atoms with Crippen LogP contribution >= 0.6 is 10.9 Å². The topological polar surface area (TPSA) is 76.0 Å². The fourth-order valence-corrected chi connectivity index (χ4v) is 2.16. The van der Waals surface area contributed by atoms with Gasteiger partial charge in [-0.05, 0) is 6.42 Å². The van der Waals surface area contributed by atoms with Crippen LogP contribution in [0.2, 0.25) is 0 Å². The van der Waals surface area contributed by atoms with E-state index in [1.54, 1.807) is 0 Å². The van der Waals surface area contributed by atoms with Crippen molar-refractivity contribution in [3.63, 3.8) is 0 Å². The molecular weight excluding hydrogens is 196 g/mol. The minimum Gasteiger partial charge on any atom is -0.446 e. The molecule has 1 atom stereocenters. The zero-order valence-electron chi connectivity index (χ0n) is 7.43. The summed E-state index contributed by atoms with van der Waals surface area (Å²) in [7, 11) is -3.14. The first-order valence-electron chi connectivity index (χ1n) is 4.17. The summed E-state index contributed by atoms with van der Waals surface area (Å²) in [6.45, 7) is 2.08. The number of hydrogen-bond donors (Lipinski definition) is 2. The number of carbonyl (C=O) groups excluding carboxylic acids is 1. The molecule has 0 aromatic heterocycles. The smallest absolute Gasteiger partial charge is 0.307 e. The van der Waals surface area contributed by atoms with E-state index in [0.29, 0.717) is 19.3 Å². The Kier molecular flexibility index (Phi) is 3.55. The lowest BCUT2D eigenvalue weighted by Gasteiger charge is -2.25. The summed E-state index contributed by atoms with van der Waals surface area (Å²) in [5.74, 6) is -0.405. The van der Waals surface area contributed by atoms with Crippen LogP contribution in [0.4, 0.5) is 0 Å². The van der Waals surface area contributed by atoms with Crippen molar-refractivity contribution in [2.75, 3.05) is 6.61 Å². The van der Waals surface area contributed by atoms with E-state index >= 15 is 0 Å². The van der Waals surface area contributed by atoms with Crippen LogP contribution in [-0.4, -0.2) is 27.1 Å². The average Bonchev–Trinajstić information content (AvgIpc) is 2.31. The van der Waals surface area contributed by atoms with Crippen LogP contribution in [0.25, 0.3) is 0 Å². The summed E-state index contributed by atoms with van der Waals surface area (Å²) in [5, 5.41) is 0. The standard InChI is InChI=1S/C7H14O5S/c1-2-3-6(8)12-7-4-5-11-13(7,9)10/h7,9-10H,2-5H2,1H3. The monoisotopic (exact) mass is 210 g/mol. The molecule has 1 heterocycles. The van der Waals surface area contributed by atoms with Crippen LogP contribution in [0.15, 0.2) is 0 Å². The summed E-state index contributed by atoms with van der Waals surface area (Å²) in [4.78, 5) is 11.0. The van der Waals surface area contributed by atoms with Crippen molar-refractivity contribution < 1.29 is 22.8 Å². The minimum absolute atomic E-state index is 0.229. The van der Waals surface area contributed by atoms with Gasteiger partial charge in [-0.25, -0.2) is 0 Å². The van der Waals surface area contributed by atoms with E-state index in [1.165, 1.54) is 0 Å². The molecule has 0 aromatic carbocycles. The number of carbonyl (C=O) groups is 1. The molecule has 1 rings (SSSR count). The normalized spacial score (nSPS) is 28.4. The Balaban J connectivity index is 2.40. The second-order valence-electron chi connectivity index (χ2n) is 2.82. The lowest BCUT2D eigenvalue weighted by molar-refractivity contribution is -0.145. The highest BCUT2D eigenvalue weighted by Crippen LogP contribution is 2.52. The third-order valence-corrected chi connectivity index (χ3v) is 3.20. The first kappa shape index (κ1) is 10.8. The van der Waals surface area contributed by atoms with E-state index in [9.17, 15) is 13.9 Å². The van der Waals surface area contributed by atoms with Gasteiger partial charge in [0.05, 0.1) is 6.61 Å². The van der Waals surface area contributed by atoms with E-state index < -0.39 is 22.3 Å². The van der Waals surface area contributed by atoms with E-state index in [2.05, 4.69) is 4.18 Å². The maximum Gasteiger partial charge on any atom is 0.307 e. The fourth-order valence-electron chi connectivity index (χ4n) is 1.03. The summed E-state index contributed by atoms with van der Waals surface area (Å²) in [6.07, 6.45) is 1.34. The second kappa shape index (κ2) is 4.28. The lowest BCUT2D eigenvalue weighted by atomic mass is 10.3. The number of hydrogen-bond acceptors (Lipinski definition) is 5. The Bertz CT molecular complexity index is 193. The molecule has 1 aliphatic heterocycles. The third-order valence-electron chi connectivity index (χ3n) is 1.67. The molecule has 5 nitrogen and oxygen atoms in total. The van der Waals surface area contributed by atoms with Crippen LogP contribution in [0.1, 0.15) is 26.2 Å². The van der Waals surface area contributed by atoms with Gasteiger partial charge in [-0.2, -0.15) is 0 Å². The summed E-state index contributed by atoms with van der Waals surface area (Å²) >= 11 is 0. The minimum atomic E-state index is -3.14. The van der Waals surface area contributed by atoms with E-state index in [0.717, 1.165) is 0 Å². The second-order valence-corrected chi connectivity index (χ2v) is 4.65. The van der Waals surface area contributed by atoms with Crippen molar-refractivity contribution >= 4 is 16.8 Å². The van der Waals surface area contributed by atoms with Gasteiger partial charge in [-0.15, -0.1) is 0 Å². The van der Waals surface area contributed by atoms with Gasteiger partial charge in [0.1, 0.15) is 10.9 Å². The van der Waals surface area contributed by atoms with Crippen molar-refractivity contribution in [2.24, 2.45) is 0 Å². The summed E-state index contributed by atoms with van der Waals surface area (Å²) < 4.78 is 27.9. The maximum absolute atomic E-state index is 11.0. The predicted molar refractivity (Wildman–Crippen MR) is 48.2 cm³/mol. The Hall–Kier alpha value is -0.300. The van der Waals surface area contributed by atoms with Crippen molar-refractivity contribution in [3.05, 3.63) is 0 Å². The quantitative estimate of drug-likeness (QED) is 0.694. The molecule has 0 spiro atoms. The molecule has 1 aliphatic rings. The first-order valence-corrected chi connectivity index (χ1v) is 5.70. The van der Waals surface area contributed by atoms with E-state index in [-0.39, 0.29) is 6.61 Å². The SMILES string of the molecule is CCCC(=O)OC1CCOS1(O)O. The number of ether oxygens (including phenoxy) is 1. The largest absolute Gasteiger partial charge is 0.446 e. The molecule has 2 N–H and O–H groups in total. The van der Waals surface area contributed by atoms with Crippen molar-refractivity contribution in [1.29, 1.82) is 0 Å². The fraction of sp³-hybridized carbons (Fsp3) is 0.857. The molecule has 1 saturated heterocycles. The molecule has 0 amide bonds. The molecule has 78 valence electrons. The van der Waals surface area contributed by atoms with E-state index in [4.69, 9.17) is 4.74 Å². The highest BCUT2D eigenvalue weighted by molar-refractivity contribution is 8.20. The van der Waals surface area contributed by atoms with Crippen LogP contribution in [-0.2, 0) is 13.7 Å². The Morgan fingerprint density at radius 1 is 1.69 bits per heavy atom. The van der Waals surface area contributed by atoms with Gasteiger partial charge in [-0.1, -0.05) is 6.92 Å². The lowest BCUT2D eigenvalue weighted by Crippen LogP contribution is -2.20. The Labute approximate surface area is 78.6 Å². The van der Waals surface area contributed by atoms with Crippen LogP contribution in [0.5, 0.6) is 0 Å². The zero-order chi connectivity index (χ0) is 9.90. The number of rotatable bonds is 3. The van der Waals surface area contributed by atoms with E-state index in [1.807, 2.05) is 6.92 Å². The van der Waals surface area contributed by atoms with Crippen LogP contribution < -0.4 is 0 Å². The van der Waals surface area contributed by atoms with Gasteiger partial charge in [0.2, 0.25) is 5.44 Å². The van der Waals surface area contributed by atoms with Gasteiger partial charge in [0, 0.05) is 12.8 Å². The highest BCUT2D eigenvalue weighted by atomic mass is 32.3. The maximum atomic E-state index is 11.0. The molecule has 0 bridgehead atoms. The molecule has 0 aliphatic carbocycles. The zero-order valence-corrected chi connectivity index (χ0v) is 8.25. The molecule has 1 unspecified atom stereocenters. The summed E-state index contributed by atoms with van der Waals surface area (Å²) in [5.41, 5.74) is -0.869. The number of esters is 1. The molecule has 13 heavy (non-hydrogen) atoms. The van der Waals surface area contributed by atoms with Gasteiger partial charge >= 0.3 is 5.97 Å². The van der Waals surface area contributed by atoms with Gasteiger partial charge in [-0.3, -0.25) is 8.98 Å². The highest BCUT2D eigenvalue weighted by Gasteiger charge is 2.39. The van der Waals surface area contributed by atoms with Gasteiger partial charge < -0.3 is 13.8 Å². The Morgan fingerprint density at radius 2 is 2.38 bits per heavy atom. The molecule has 0 aromatic rings. The van der Waals surface area contributed by atoms with Crippen molar-refractivity contribution in [2.45, 2.75) is 31.6 Å². The van der Waals surface area contributed by atoms with Crippen LogP contribution in [0.3, 0.4) is 0 Å². The van der Waals surface area contributed by atoms with Crippen molar-refractivity contribution in [3.8, 4) is 0 Å². The van der Waals surface area contributed by atoms with Gasteiger partial charge in [0.15, 0.2) is 0 Å².